The van der Waals surface area contributed by atoms with Crippen molar-refractivity contribution in [2.24, 2.45) is 0 Å². The lowest BCUT2D eigenvalue weighted by Gasteiger charge is -2.31. The first kappa shape index (κ1) is 12.2. The SMILES string of the molecule is CC1Oc2cc(O)c(Br)cc2C(=O)C1n1ccnc1. The maximum absolute atomic E-state index is 12.6. The van der Waals surface area contributed by atoms with Crippen LogP contribution in [0, 0.1) is 0 Å². The molecule has 1 N–H and O–H groups in total. The maximum Gasteiger partial charge on any atom is 0.193 e. The van der Waals surface area contributed by atoms with Crippen LogP contribution in [0.4, 0.5) is 0 Å². The van der Waals surface area contributed by atoms with Crippen LogP contribution < -0.4 is 4.74 Å². The molecule has 98 valence electrons. The standard InChI is InChI=1S/C13H11BrN2O3/c1-7-12(16-3-2-15-6-16)13(18)8-4-9(14)10(17)5-11(8)19-7/h2-7,12,17H,1H3. The van der Waals surface area contributed by atoms with Crippen molar-refractivity contribution in [1.29, 1.82) is 0 Å². The Bertz CT molecular complexity index is 640. The van der Waals surface area contributed by atoms with E-state index < -0.39 is 6.04 Å². The minimum absolute atomic E-state index is 0.0487. The summed E-state index contributed by atoms with van der Waals surface area (Å²) in [4.78, 5) is 16.5. The number of hydrogen-bond acceptors (Lipinski definition) is 4. The second kappa shape index (κ2) is 4.38. The summed E-state index contributed by atoms with van der Waals surface area (Å²) in [6.45, 7) is 1.82. The number of ketones is 1. The Balaban J connectivity index is 2.10. The Kier molecular flexibility index (Phi) is 2.82. The van der Waals surface area contributed by atoms with E-state index in [2.05, 4.69) is 20.9 Å². The molecule has 0 radical (unpaired) electrons. The molecule has 0 spiro atoms. The second-order valence-electron chi connectivity index (χ2n) is 4.44. The fourth-order valence-electron chi connectivity index (χ4n) is 2.28. The quantitative estimate of drug-likeness (QED) is 0.876. The molecule has 0 amide bonds. The van der Waals surface area contributed by atoms with Gasteiger partial charge in [-0.05, 0) is 28.9 Å². The smallest absolute Gasteiger partial charge is 0.193 e. The fraction of sp³-hybridized carbons (Fsp3) is 0.231. The number of halogens is 1. The van der Waals surface area contributed by atoms with Gasteiger partial charge in [-0.25, -0.2) is 4.98 Å². The topological polar surface area (TPSA) is 64.3 Å². The zero-order valence-corrected chi connectivity index (χ0v) is 11.7. The minimum Gasteiger partial charge on any atom is -0.507 e. The molecule has 2 unspecified atom stereocenters. The third-order valence-corrected chi connectivity index (χ3v) is 3.82. The lowest BCUT2D eigenvalue weighted by molar-refractivity contribution is 0.0717. The lowest BCUT2D eigenvalue weighted by atomic mass is 9.96. The van der Waals surface area contributed by atoms with Crippen LogP contribution in [0.15, 0.2) is 35.3 Å². The number of phenols is 1. The number of rotatable bonds is 1. The van der Waals surface area contributed by atoms with Crippen molar-refractivity contribution in [3.05, 3.63) is 40.9 Å². The molecule has 0 fully saturated rings. The molecule has 0 saturated carbocycles. The van der Waals surface area contributed by atoms with Crippen LogP contribution in [0.2, 0.25) is 0 Å². The second-order valence-corrected chi connectivity index (χ2v) is 5.30. The van der Waals surface area contributed by atoms with E-state index >= 15 is 0 Å². The van der Waals surface area contributed by atoms with E-state index in [0.29, 0.717) is 15.8 Å². The van der Waals surface area contributed by atoms with Crippen molar-refractivity contribution < 1.29 is 14.6 Å². The van der Waals surface area contributed by atoms with Crippen molar-refractivity contribution in [2.75, 3.05) is 0 Å². The molecule has 3 rings (SSSR count). The number of carbonyl (C=O) groups excluding carboxylic acids is 1. The van der Waals surface area contributed by atoms with E-state index in [9.17, 15) is 9.90 Å². The van der Waals surface area contributed by atoms with Crippen LogP contribution in [0.1, 0.15) is 23.3 Å². The average molecular weight is 323 g/mol. The molecule has 0 saturated heterocycles. The van der Waals surface area contributed by atoms with Crippen LogP contribution in [-0.2, 0) is 0 Å². The van der Waals surface area contributed by atoms with Gasteiger partial charge < -0.3 is 14.4 Å². The van der Waals surface area contributed by atoms with Crippen LogP contribution in [0.5, 0.6) is 11.5 Å². The molecular formula is C13H11BrN2O3. The molecule has 1 aromatic heterocycles. The van der Waals surface area contributed by atoms with Gasteiger partial charge in [0.1, 0.15) is 23.6 Å². The molecule has 5 nitrogen and oxygen atoms in total. The number of Topliss-reactive ketones (excluding diaryl/α,β-unsaturated/α-hetero) is 1. The number of phenolic OH excluding ortho intramolecular Hbond substituents is 1. The molecule has 0 bridgehead atoms. The monoisotopic (exact) mass is 322 g/mol. The molecule has 0 aliphatic carbocycles. The lowest BCUT2D eigenvalue weighted by Crippen LogP contribution is -2.37. The molecule has 1 aliphatic rings. The maximum atomic E-state index is 12.6. The molecule has 6 heteroatoms. The average Bonchev–Trinajstić information content (AvgIpc) is 2.86. The van der Waals surface area contributed by atoms with E-state index in [4.69, 9.17) is 4.74 Å². The van der Waals surface area contributed by atoms with Crippen LogP contribution in [-0.4, -0.2) is 26.5 Å². The van der Waals surface area contributed by atoms with Crippen LogP contribution in [0.25, 0.3) is 0 Å². The van der Waals surface area contributed by atoms with E-state index in [0.717, 1.165) is 0 Å². The van der Waals surface area contributed by atoms with Gasteiger partial charge in [0.25, 0.3) is 0 Å². The van der Waals surface area contributed by atoms with E-state index in [1.54, 1.807) is 29.4 Å². The fourth-order valence-corrected chi connectivity index (χ4v) is 2.63. The van der Waals surface area contributed by atoms with Crippen molar-refractivity contribution in [3.8, 4) is 11.5 Å². The summed E-state index contributed by atoms with van der Waals surface area (Å²) in [5.74, 6) is 0.418. The van der Waals surface area contributed by atoms with Crippen molar-refractivity contribution in [2.45, 2.75) is 19.1 Å². The molecular weight excluding hydrogens is 312 g/mol. The van der Waals surface area contributed by atoms with Gasteiger partial charge in [-0.1, -0.05) is 0 Å². The third-order valence-electron chi connectivity index (χ3n) is 3.19. The molecule has 19 heavy (non-hydrogen) atoms. The number of aromatic hydroxyl groups is 1. The van der Waals surface area contributed by atoms with Gasteiger partial charge >= 0.3 is 0 Å². The zero-order chi connectivity index (χ0) is 13.6. The minimum atomic E-state index is -0.438. The van der Waals surface area contributed by atoms with Gasteiger partial charge in [-0.2, -0.15) is 0 Å². The van der Waals surface area contributed by atoms with E-state index in [-0.39, 0.29) is 17.6 Å². The predicted octanol–water partition coefficient (Wildman–Crippen LogP) is 2.56. The summed E-state index contributed by atoms with van der Waals surface area (Å²) in [6, 6.07) is 2.60. The summed E-state index contributed by atoms with van der Waals surface area (Å²) in [6.07, 6.45) is 4.64. The number of fused-ring (bicyclic) bond motifs is 1. The highest BCUT2D eigenvalue weighted by molar-refractivity contribution is 9.10. The summed E-state index contributed by atoms with van der Waals surface area (Å²) in [7, 11) is 0. The van der Waals surface area contributed by atoms with Gasteiger partial charge in [-0.15, -0.1) is 0 Å². The highest BCUT2D eigenvalue weighted by atomic mass is 79.9. The summed E-state index contributed by atoms with van der Waals surface area (Å²) >= 11 is 3.21. The Morgan fingerprint density at radius 3 is 2.95 bits per heavy atom. The van der Waals surface area contributed by atoms with Crippen molar-refractivity contribution >= 4 is 21.7 Å². The van der Waals surface area contributed by atoms with Crippen LogP contribution >= 0.6 is 15.9 Å². The largest absolute Gasteiger partial charge is 0.507 e. The highest BCUT2D eigenvalue weighted by Crippen LogP contribution is 2.39. The summed E-state index contributed by atoms with van der Waals surface area (Å²) < 4.78 is 7.93. The number of imidazole rings is 1. The van der Waals surface area contributed by atoms with Crippen molar-refractivity contribution in [1.82, 2.24) is 9.55 Å². The molecule has 2 aromatic rings. The number of nitrogens with zero attached hydrogens (tertiary/aromatic N) is 2. The molecule has 2 atom stereocenters. The van der Waals surface area contributed by atoms with Crippen molar-refractivity contribution in [3.63, 3.8) is 0 Å². The number of carbonyl (C=O) groups is 1. The van der Waals surface area contributed by atoms with Crippen LogP contribution in [0.3, 0.4) is 0 Å². The Hall–Kier alpha value is -1.82. The van der Waals surface area contributed by atoms with Gasteiger partial charge in [0.2, 0.25) is 0 Å². The summed E-state index contributed by atoms with van der Waals surface area (Å²) in [5.41, 5.74) is 0.460. The Labute approximate surface area is 118 Å². The highest BCUT2D eigenvalue weighted by Gasteiger charge is 2.36. The van der Waals surface area contributed by atoms with E-state index in [1.165, 1.54) is 6.07 Å². The zero-order valence-electron chi connectivity index (χ0n) is 10.1. The first-order chi connectivity index (χ1) is 9.08. The first-order valence-electron chi connectivity index (χ1n) is 5.78. The third kappa shape index (κ3) is 1.92. The van der Waals surface area contributed by atoms with Gasteiger partial charge in [0.15, 0.2) is 5.78 Å². The molecule has 1 aromatic carbocycles. The Morgan fingerprint density at radius 1 is 1.47 bits per heavy atom. The molecule has 2 heterocycles. The Morgan fingerprint density at radius 2 is 2.26 bits per heavy atom. The number of aromatic nitrogens is 2. The normalized spacial score (nSPS) is 21.9. The first-order valence-corrected chi connectivity index (χ1v) is 6.58. The van der Waals surface area contributed by atoms with Gasteiger partial charge in [0, 0.05) is 18.5 Å². The number of benzene rings is 1. The van der Waals surface area contributed by atoms with E-state index in [1.807, 2.05) is 6.92 Å². The number of ether oxygens (including phenoxy) is 1. The predicted molar refractivity (Wildman–Crippen MR) is 71.5 cm³/mol. The molecule has 1 aliphatic heterocycles. The van der Waals surface area contributed by atoms with Gasteiger partial charge in [-0.3, -0.25) is 4.79 Å². The number of hydrogen-bond donors (Lipinski definition) is 1. The summed E-state index contributed by atoms with van der Waals surface area (Å²) in [5, 5.41) is 9.64. The van der Waals surface area contributed by atoms with Gasteiger partial charge in [0.05, 0.1) is 16.4 Å².